The van der Waals surface area contributed by atoms with Crippen LogP contribution >= 0.6 is 0 Å². The summed E-state index contributed by atoms with van der Waals surface area (Å²) in [5.41, 5.74) is 7.08. The first kappa shape index (κ1) is 13.7. The maximum Gasteiger partial charge on any atom is 0.253 e. The molecule has 1 aromatic carbocycles. The van der Waals surface area contributed by atoms with E-state index in [4.69, 9.17) is 15.2 Å². The third kappa shape index (κ3) is 2.82. The first-order valence-electron chi connectivity index (χ1n) is 5.84. The molecule has 20 heavy (non-hydrogen) atoms. The molecule has 0 atom stereocenters. The number of hydrogen-bond acceptors (Lipinski definition) is 6. The van der Waals surface area contributed by atoms with Crippen LogP contribution in [0.2, 0.25) is 0 Å². The van der Waals surface area contributed by atoms with Crippen LogP contribution in [0.5, 0.6) is 11.5 Å². The molecular formula is C13H15N3O4. The topological polar surface area (TPSA) is 99.6 Å². The van der Waals surface area contributed by atoms with Gasteiger partial charge in [0.1, 0.15) is 12.0 Å². The van der Waals surface area contributed by atoms with Crippen molar-refractivity contribution in [3.05, 3.63) is 35.7 Å². The normalized spacial score (nSPS) is 10.1. The van der Waals surface area contributed by atoms with Gasteiger partial charge in [-0.1, -0.05) is 5.16 Å². The number of anilines is 1. The van der Waals surface area contributed by atoms with Gasteiger partial charge in [0, 0.05) is 17.8 Å². The summed E-state index contributed by atoms with van der Waals surface area (Å²) >= 11 is 0. The minimum Gasteiger partial charge on any atom is -0.493 e. The number of nitrogen functional groups attached to an aromatic ring is 1. The third-order valence-corrected chi connectivity index (χ3v) is 2.72. The lowest BCUT2D eigenvalue weighted by Crippen LogP contribution is -2.24. The predicted molar refractivity (Wildman–Crippen MR) is 71.6 cm³/mol. The zero-order chi connectivity index (χ0) is 14.5. The molecule has 106 valence electrons. The highest BCUT2D eigenvalue weighted by Gasteiger charge is 2.15. The van der Waals surface area contributed by atoms with Crippen LogP contribution in [0, 0.1) is 0 Å². The van der Waals surface area contributed by atoms with Crippen molar-refractivity contribution in [2.75, 3.05) is 20.0 Å². The van der Waals surface area contributed by atoms with Crippen LogP contribution in [-0.2, 0) is 6.54 Å². The summed E-state index contributed by atoms with van der Waals surface area (Å²) in [6.07, 6.45) is 1.44. The standard InChI is InChI=1S/C13H15N3O4/c1-18-11-5-9(10(14)6-12(11)19-2)13(17)15-7-8-3-4-20-16-8/h3-6H,7,14H2,1-2H3,(H,15,17). The van der Waals surface area contributed by atoms with Gasteiger partial charge in [0.15, 0.2) is 11.5 Å². The highest BCUT2D eigenvalue weighted by atomic mass is 16.5. The number of aromatic nitrogens is 1. The number of rotatable bonds is 5. The summed E-state index contributed by atoms with van der Waals surface area (Å²) in [7, 11) is 2.99. The van der Waals surface area contributed by atoms with Crippen LogP contribution in [0.15, 0.2) is 29.0 Å². The van der Waals surface area contributed by atoms with Gasteiger partial charge in [-0.25, -0.2) is 0 Å². The molecule has 1 aromatic heterocycles. The second-order valence-corrected chi connectivity index (χ2v) is 3.97. The van der Waals surface area contributed by atoms with Gasteiger partial charge in [0.25, 0.3) is 5.91 Å². The fourth-order valence-electron chi connectivity index (χ4n) is 1.69. The lowest BCUT2D eigenvalue weighted by molar-refractivity contribution is 0.0950. The highest BCUT2D eigenvalue weighted by molar-refractivity contribution is 6.00. The summed E-state index contributed by atoms with van der Waals surface area (Å²) < 4.78 is 14.9. The Bertz CT molecular complexity index is 596. The van der Waals surface area contributed by atoms with Crippen molar-refractivity contribution in [2.24, 2.45) is 0 Å². The lowest BCUT2D eigenvalue weighted by Gasteiger charge is -2.12. The van der Waals surface area contributed by atoms with Crippen LogP contribution in [0.1, 0.15) is 16.1 Å². The Hall–Kier alpha value is -2.70. The molecule has 1 amide bonds. The van der Waals surface area contributed by atoms with Crippen LogP contribution in [0.3, 0.4) is 0 Å². The van der Waals surface area contributed by atoms with E-state index in [0.717, 1.165) is 0 Å². The molecule has 0 saturated heterocycles. The molecule has 0 radical (unpaired) electrons. The molecule has 0 bridgehead atoms. The van der Waals surface area contributed by atoms with E-state index in [1.807, 2.05) is 0 Å². The molecule has 1 heterocycles. The number of benzene rings is 1. The fraction of sp³-hybridized carbons (Fsp3) is 0.231. The Morgan fingerprint density at radius 1 is 1.35 bits per heavy atom. The van der Waals surface area contributed by atoms with Crippen molar-refractivity contribution in [1.82, 2.24) is 10.5 Å². The van der Waals surface area contributed by atoms with Crippen LogP contribution in [0.4, 0.5) is 5.69 Å². The summed E-state index contributed by atoms with van der Waals surface area (Å²) in [5, 5.41) is 6.39. The van der Waals surface area contributed by atoms with Crippen molar-refractivity contribution < 1.29 is 18.8 Å². The smallest absolute Gasteiger partial charge is 0.253 e. The molecule has 0 unspecified atom stereocenters. The third-order valence-electron chi connectivity index (χ3n) is 2.72. The van der Waals surface area contributed by atoms with Crippen molar-refractivity contribution in [3.8, 4) is 11.5 Å². The van der Waals surface area contributed by atoms with Crippen LogP contribution in [0.25, 0.3) is 0 Å². The molecule has 0 aliphatic heterocycles. The Morgan fingerprint density at radius 2 is 2.05 bits per heavy atom. The number of hydrogen-bond donors (Lipinski definition) is 2. The quantitative estimate of drug-likeness (QED) is 0.797. The zero-order valence-electron chi connectivity index (χ0n) is 11.2. The van der Waals surface area contributed by atoms with Gasteiger partial charge in [-0.3, -0.25) is 4.79 Å². The van der Waals surface area contributed by atoms with Gasteiger partial charge in [-0.2, -0.15) is 0 Å². The van der Waals surface area contributed by atoms with E-state index in [2.05, 4.69) is 15.0 Å². The van der Waals surface area contributed by atoms with Crippen molar-refractivity contribution >= 4 is 11.6 Å². The molecule has 7 heteroatoms. The Balaban J connectivity index is 2.16. The van der Waals surface area contributed by atoms with Crippen LogP contribution < -0.4 is 20.5 Å². The van der Waals surface area contributed by atoms with Crippen molar-refractivity contribution in [3.63, 3.8) is 0 Å². The van der Waals surface area contributed by atoms with E-state index < -0.39 is 0 Å². The van der Waals surface area contributed by atoms with Crippen molar-refractivity contribution in [2.45, 2.75) is 6.54 Å². The Kier molecular flexibility index (Phi) is 4.09. The maximum absolute atomic E-state index is 12.1. The number of nitrogens with zero attached hydrogens (tertiary/aromatic N) is 1. The number of nitrogens with two attached hydrogens (primary N) is 1. The lowest BCUT2D eigenvalue weighted by atomic mass is 10.1. The minimum atomic E-state index is -0.327. The Labute approximate surface area is 115 Å². The van der Waals surface area contributed by atoms with Gasteiger partial charge in [-0.15, -0.1) is 0 Å². The number of nitrogens with one attached hydrogen (secondary N) is 1. The number of amides is 1. The molecule has 0 fully saturated rings. The number of methoxy groups -OCH3 is 2. The second-order valence-electron chi connectivity index (χ2n) is 3.97. The number of carbonyl (C=O) groups is 1. The second kappa shape index (κ2) is 5.96. The molecule has 0 aliphatic rings. The summed E-state index contributed by atoms with van der Waals surface area (Å²) in [6.45, 7) is 0.253. The molecular weight excluding hydrogens is 262 g/mol. The van der Waals surface area contributed by atoms with Gasteiger partial charge in [-0.05, 0) is 6.07 Å². The van der Waals surface area contributed by atoms with Crippen molar-refractivity contribution in [1.29, 1.82) is 0 Å². The monoisotopic (exact) mass is 277 g/mol. The molecule has 3 N–H and O–H groups in total. The average molecular weight is 277 g/mol. The number of ether oxygens (including phenoxy) is 2. The SMILES string of the molecule is COc1cc(N)c(C(=O)NCc2ccon2)cc1OC. The zero-order valence-corrected chi connectivity index (χ0v) is 11.2. The summed E-state index contributed by atoms with van der Waals surface area (Å²) in [5.74, 6) is 0.581. The van der Waals surface area contributed by atoms with Gasteiger partial charge in [0.2, 0.25) is 0 Å². The molecule has 0 aliphatic carbocycles. The first-order valence-corrected chi connectivity index (χ1v) is 5.84. The summed E-state index contributed by atoms with van der Waals surface area (Å²) in [4.78, 5) is 12.1. The molecule has 0 spiro atoms. The molecule has 2 rings (SSSR count). The van der Waals surface area contributed by atoms with E-state index in [9.17, 15) is 4.79 Å². The van der Waals surface area contributed by atoms with Gasteiger partial charge in [0.05, 0.1) is 26.3 Å². The predicted octanol–water partition coefficient (Wildman–Crippen LogP) is 1.20. The first-order chi connectivity index (χ1) is 9.65. The minimum absolute atomic E-state index is 0.253. The van der Waals surface area contributed by atoms with Gasteiger partial charge >= 0.3 is 0 Å². The molecule has 7 nitrogen and oxygen atoms in total. The highest BCUT2D eigenvalue weighted by Crippen LogP contribution is 2.31. The van der Waals surface area contributed by atoms with E-state index in [1.54, 1.807) is 12.1 Å². The van der Waals surface area contributed by atoms with Crippen LogP contribution in [-0.4, -0.2) is 25.3 Å². The molecule has 2 aromatic rings. The van der Waals surface area contributed by atoms with E-state index in [-0.39, 0.29) is 12.5 Å². The molecule has 0 saturated carbocycles. The van der Waals surface area contributed by atoms with Gasteiger partial charge < -0.3 is 25.0 Å². The number of carbonyl (C=O) groups excluding carboxylic acids is 1. The Morgan fingerprint density at radius 3 is 2.65 bits per heavy atom. The summed E-state index contributed by atoms with van der Waals surface area (Å²) in [6, 6.07) is 4.74. The van der Waals surface area contributed by atoms with E-state index in [1.165, 1.54) is 26.5 Å². The largest absolute Gasteiger partial charge is 0.493 e. The van der Waals surface area contributed by atoms with E-state index >= 15 is 0 Å². The fourth-order valence-corrected chi connectivity index (χ4v) is 1.69. The maximum atomic E-state index is 12.1. The van der Waals surface area contributed by atoms with E-state index in [0.29, 0.717) is 28.4 Å². The average Bonchev–Trinajstić information content (AvgIpc) is 2.97.